The van der Waals surface area contributed by atoms with Crippen LogP contribution in [0.25, 0.3) is 0 Å². The molecular weight excluding hydrogens is 480 g/mol. The Balaban J connectivity index is 1.93. The number of nitrogens with zero attached hydrogens (tertiary/aromatic N) is 1. The minimum Gasteiger partial charge on any atom is -0.480 e. The summed E-state index contributed by atoms with van der Waals surface area (Å²) in [7, 11) is 1.58. The van der Waals surface area contributed by atoms with E-state index in [1.54, 1.807) is 25.3 Å². The van der Waals surface area contributed by atoms with Gasteiger partial charge in [-0.15, -0.1) is 0 Å². The van der Waals surface area contributed by atoms with E-state index in [4.69, 9.17) is 27.9 Å². The first-order valence-corrected chi connectivity index (χ1v) is 12.2. The summed E-state index contributed by atoms with van der Waals surface area (Å²) >= 11 is 12.4. The van der Waals surface area contributed by atoms with Gasteiger partial charge in [0, 0.05) is 41.4 Å². The van der Waals surface area contributed by atoms with E-state index in [-0.39, 0.29) is 28.8 Å². The molecule has 1 unspecified atom stereocenters. The molecule has 3 N–H and O–H groups in total. The molecule has 0 radical (unpaired) electrons. The lowest BCUT2D eigenvalue weighted by Gasteiger charge is -2.46. The zero-order valence-corrected chi connectivity index (χ0v) is 21.0. The molecule has 1 aliphatic carbocycles. The summed E-state index contributed by atoms with van der Waals surface area (Å²) in [5.74, 6) is -2.76. The predicted octanol–water partition coefficient (Wildman–Crippen LogP) is 5.81. The number of anilines is 1. The molecular formula is C25H30Cl2FN3O3. The van der Waals surface area contributed by atoms with Crippen molar-refractivity contribution < 1.29 is 19.0 Å². The van der Waals surface area contributed by atoms with Crippen molar-refractivity contribution in [3.63, 3.8) is 0 Å². The number of ether oxygens (including phenoxy) is 1. The van der Waals surface area contributed by atoms with Crippen LogP contribution in [-0.4, -0.2) is 41.5 Å². The van der Waals surface area contributed by atoms with E-state index < -0.39 is 29.3 Å². The maximum Gasteiger partial charge on any atom is 0.321 e. The zero-order valence-electron chi connectivity index (χ0n) is 19.5. The average molecular weight is 510 g/mol. The number of benzene rings is 1. The van der Waals surface area contributed by atoms with E-state index in [0.717, 1.165) is 36.9 Å². The summed E-state index contributed by atoms with van der Waals surface area (Å²) in [6.07, 6.45) is 4.79. The van der Waals surface area contributed by atoms with Crippen molar-refractivity contribution in [1.29, 1.82) is 0 Å². The smallest absolute Gasteiger partial charge is 0.321 e. The number of hydrogen-bond acceptors (Lipinski definition) is 5. The van der Waals surface area contributed by atoms with Crippen LogP contribution in [0.1, 0.15) is 62.5 Å². The Labute approximate surface area is 209 Å². The van der Waals surface area contributed by atoms with Gasteiger partial charge in [0.1, 0.15) is 12.8 Å². The Morgan fingerprint density at radius 1 is 1.24 bits per heavy atom. The van der Waals surface area contributed by atoms with Crippen molar-refractivity contribution in [3.8, 4) is 0 Å². The second-order valence-electron chi connectivity index (χ2n) is 10.1. The average Bonchev–Trinajstić information content (AvgIpc) is 3.12. The molecule has 1 aliphatic heterocycles. The van der Waals surface area contributed by atoms with Crippen molar-refractivity contribution in [1.82, 2.24) is 10.3 Å². The summed E-state index contributed by atoms with van der Waals surface area (Å²) in [6.45, 7) is 4.70. The lowest BCUT2D eigenvalue weighted by atomic mass is 9.61. The summed E-state index contributed by atoms with van der Waals surface area (Å²) in [5, 5.41) is 17.2. The van der Waals surface area contributed by atoms with Crippen LogP contribution in [0.2, 0.25) is 10.2 Å². The number of methoxy groups -OCH3 is 1. The highest BCUT2D eigenvalue weighted by Gasteiger charge is 2.58. The number of carboxylic acids is 1. The van der Waals surface area contributed by atoms with Crippen LogP contribution in [-0.2, 0) is 9.53 Å². The Hall–Kier alpha value is -1.93. The molecule has 2 aromatic rings. The summed E-state index contributed by atoms with van der Waals surface area (Å²) in [5.41, 5.74) is 1.47. The Bertz CT molecular complexity index is 1070. The Kier molecular flexibility index (Phi) is 7.11. The fourth-order valence-corrected chi connectivity index (χ4v) is 6.05. The van der Waals surface area contributed by atoms with Crippen molar-refractivity contribution >= 4 is 34.9 Å². The van der Waals surface area contributed by atoms with Gasteiger partial charge in [-0.1, -0.05) is 43.1 Å². The largest absolute Gasteiger partial charge is 0.480 e. The molecule has 2 heterocycles. The van der Waals surface area contributed by atoms with Crippen molar-refractivity contribution in [2.75, 3.05) is 19.2 Å². The number of rotatable bonds is 6. The maximum atomic E-state index is 15.4. The number of aliphatic carboxylic acids is 1. The van der Waals surface area contributed by atoms with E-state index in [0.29, 0.717) is 5.02 Å². The third-order valence-electron chi connectivity index (χ3n) is 7.51. The van der Waals surface area contributed by atoms with Crippen LogP contribution in [0, 0.1) is 11.2 Å². The van der Waals surface area contributed by atoms with E-state index in [2.05, 4.69) is 29.5 Å². The highest BCUT2D eigenvalue weighted by atomic mass is 35.5. The number of carboxylic acid groups (broad SMARTS) is 1. The van der Waals surface area contributed by atoms with E-state index in [1.807, 2.05) is 6.07 Å². The zero-order chi connectivity index (χ0) is 24.7. The number of aromatic nitrogens is 1. The molecule has 184 valence electrons. The van der Waals surface area contributed by atoms with Crippen molar-refractivity contribution in [2.24, 2.45) is 5.41 Å². The quantitative estimate of drug-likeness (QED) is 0.336. The van der Waals surface area contributed by atoms with Gasteiger partial charge in [0.05, 0.1) is 0 Å². The lowest BCUT2D eigenvalue weighted by molar-refractivity contribution is -0.139. The molecule has 1 spiro atoms. The normalized spacial score (nSPS) is 25.4. The third-order valence-corrected chi connectivity index (χ3v) is 8.01. The minimum atomic E-state index is -1.02. The van der Waals surface area contributed by atoms with Gasteiger partial charge < -0.3 is 15.2 Å². The second-order valence-corrected chi connectivity index (χ2v) is 10.9. The molecule has 9 heteroatoms. The van der Waals surface area contributed by atoms with E-state index in [1.165, 1.54) is 6.20 Å². The number of nitrogens with one attached hydrogen (secondary N) is 2. The highest BCUT2D eigenvalue weighted by molar-refractivity contribution is 6.31. The molecule has 1 aromatic heterocycles. The van der Waals surface area contributed by atoms with Crippen LogP contribution in [0.5, 0.6) is 0 Å². The molecule has 1 saturated heterocycles. The lowest BCUT2D eigenvalue weighted by Crippen LogP contribution is -2.51. The van der Waals surface area contributed by atoms with Crippen molar-refractivity contribution in [3.05, 3.63) is 57.6 Å². The minimum absolute atomic E-state index is 0.149. The van der Waals surface area contributed by atoms with Gasteiger partial charge in [-0.2, -0.15) is 0 Å². The molecule has 1 saturated carbocycles. The number of halogens is 3. The van der Waals surface area contributed by atoms with E-state index in [9.17, 15) is 9.90 Å². The number of hydrogen-bond donors (Lipinski definition) is 3. The Morgan fingerprint density at radius 2 is 1.94 bits per heavy atom. The van der Waals surface area contributed by atoms with Crippen LogP contribution >= 0.6 is 23.2 Å². The van der Waals surface area contributed by atoms with Gasteiger partial charge in [-0.3, -0.25) is 10.1 Å². The third kappa shape index (κ3) is 4.63. The topological polar surface area (TPSA) is 83.5 Å². The SMILES string of the molecule is COCNc1cc(Cl)ccc1C1[C@@H](c2ccnc(Cl)c2F)[C@H](C(=O)O)NC12CCC(C)(C)CC2. The Morgan fingerprint density at radius 3 is 2.59 bits per heavy atom. The van der Waals surface area contributed by atoms with Crippen LogP contribution in [0.3, 0.4) is 0 Å². The fraction of sp³-hybridized carbons (Fsp3) is 0.520. The van der Waals surface area contributed by atoms with Crippen LogP contribution in [0.4, 0.5) is 10.1 Å². The van der Waals surface area contributed by atoms with Crippen LogP contribution in [0.15, 0.2) is 30.5 Å². The molecule has 34 heavy (non-hydrogen) atoms. The second kappa shape index (κ2) is 9.61. The summed E-state index contributed by atoms with van der Waals surface area (Å²) in [6, 6.07) is 6.05. The molecule has 2 aliphatic rings. The molecule has 0 amide bonds. The van der Waals surface area contributed by atoms with Gasteiger partial charge in [-0.25, -0.2) is 9.37 Å². The molecule has 1 aromatic carbocycles. The number of carbonyl (C=O) groups is 1. The fourth-order valence-electron chi connectivity index (χ4n) is 5.71. The monoisotopic (exact) mass is 509 g/mol. The molecule has 6 nitrogen and oxygen atoms in total. The predicted molar refractivity (Wildman–Crippen MR) is 131 cm³/mol. The molecule has 3 atom stereocenters. The van der Waals surface area contributed by atoms with E-state index >= 15 is 4.39 Å². The van der Waals surface area contributed by atoms with Crippen molar-refractivity contribution in [2.45, 2.75) is 62.9 Å². The van der Waals surface area contributed by atoms with Crippen LogP contribution < -0.4 is 10.6 Å². The van der Waals surface area contributed by atoms with Gasteiger partial charge in [0.15, 0.2) is 11.0 Å². The molecule has 2 fully saturated rings. The van der Waals surface area contributed by atoms with Gasteiger partial charge in [-0.05, 0) is 60.4 Å². The van der Waals surface area contributed by atoms with Gasteiger partial charge in [0.25, 0.3) is 0 Å². The maximum absolute atomic E-state index is 15.4. The highest BCUT2D eigenvalue weighted by Crippen LogP contribution is 2.58. The van der Waals surface area contributed by atoms with Gasteiger partial charge in [0.2, 0.25) is 0 Å². The standard InChI is InChI=1S/C25H30Cl2FN3O3/c1-24(2)7-9-25(10-8-24)19(15-5-4-14(26)12-17(15)30-13-34-3)18(21(31-25)23(32)33)16-6-11-29-22(27)20(16)28/h4-6,11-12,18-19,21,30-31H,7-10,13H2,1-3H3,(H,32,33)/t18-,19?,21-/m1/s1. The summed E-state index contributed by atoms with van der Waals surface area (Å²) in [4.78, 5) is 16.4. The summed E-state index contributed by atoms with van der Waals surface area (Å²) < 4.78 is 20.6. The molecule has 0 bridgehead atoms. The first-order valence-electron chi connectivity index (χ1n) is 11.4. The van der Waals surface area contributed by atoms with Gasteiger partial charge >= 0.3 is 5.97 Å². The first-order chi connectivity index (χ1) is 16.1. The molecule has 4 rings (SSSR count). The first kappa shape index (κ1) is 25.2. The number of pyridine rings is 1.